The number of nitrogens with zero attached hydrogens (tertiary/aromatic N) is 5. The van der Waals surface area contributed by atoms with Gasteiger partial charge in [0.2, 0.25) is 5.91 Å². The molecule has 0 aliphatic heterocycles. The van der Waals surface area contributed by atoms with Gasteiger partial charge in [-0.15, -0.1) is 10.2 Å². The monoisotopic (exact) mass is 354 g/mol. The lowest BCUT2D eigenvalue weighted by atomic mass is 10.1. The maximum atomic E-state index is 12.4. The molecule has 0 atom stereocenters. The SMILES string of the molecule is CC(=O)Nn1ccc2c(nnc3c(-c4ccc(Cl)cc4)cnn32)c1=O. The number of carbonyl (C=O) groups is 1. The summed E-state index contributed by atoms with van der Waals surface area (Å²) >= 11 is 5.92. The lowest BCUT2D eigenvalue weighted by molar-refractivity contribution is -0.115. The van der Waals surface area contributed by atoms with E-state index in [1.54, 1.807) is 28.9 Å². The van der Waals surface area contributed by atoms with Gasteiger partial charge in [0, 0.05) is 23.7 Å². The Morgan fingerprint density at radius 3 is 2.64 bits per heavy atom. The number of rotatable bonds is 2. The van der Waals surface area contributed by atoms with Crippen LogP contribution in [0.1, 0.15) is 6.92 Å². The zero-order valence-electron chi connectivity index (χ0n) is 13.0. The molecule has 9 heteroatoms. The smallest absolute Gasteiger partial charge is 0.274 e. The van der Waals surface area contributed by atoms with Gasteiger partial charge in [-0.05, 0) is 23.8 Å². The van der Waals surface area contributed by atoms with E-state index in [1.165, 1.54) is 13.1 Å². The van der Waals surface area contributed by atoms with E-state index in [0.717, 1.165) is 15.8 Å². The van der Waals surface area contributed by atoms with Crippen molar-refractivity contribution in [2.75, 3.05) is 5.43 Å². The van der Waals surface area contributed by atoms with Crippen LogP contribution in [0.5, 0.6) is 0 Å². The van der Waals surface area contributed by atoms with Crippen molar-refractivity contribution in [2.24, 2.45) is 0 Å². The van der Waals surface area contributed by atoms with Gasteiger partial charge in [0.1, 0.15) is 5.52 Å². The molecule has 8 nitrogen and oxygen atoms in total. The highest BCUT2D eigenvalue weighted by Gasteiger charge is 2.14. The van der Waals surface area contributed by atoms with Crippen molar-refractivity contribution in [1.29, 1.82) is 0 Å². The molecule has 124 valence electrons. The van der Waals surface area contributed by atoms with Crippen LogP contribution in [0.15, 0.2) is 47.5 Å². The summed E-state index contributed by atoms with van der Waals surface area (Å²) < 4.78 is 2.61. The zero-order chi connectivity index (χ0) is 17.6. The maximum Gasteiger partial charge on any atom is 0.299 e. The zero-order valence-corrected chi connectivity index (χ0v) is 13.7. The Morgan fingerprint density at radius 2 is 1.92 bits per heavy atom. The van der Waals surface area contributed by atoms with Crippen molar-refractivity contribution in [2.45, 2.75) is 6.92 Å². The second-order valence-electron chi connectivity index (χ2n) is 5.39. The minimum absolute atomic E-state index is 0.106. The first-order valence-corrected chi connectivity index (χ1v) is 7.72. The molecule has 0 radical (unpaired) electrons. The predicted octanol–water partition coefficient (Wildman–Crippen LogP) is 1.85. The summed E-state index contributed by atoms with van der Waals surface area (Å²) in [6.07, 6.45) is 3.11. The molecule has 3 heterocycles. The molecule has 0 saturated heterocycles. The molecule has 4 aromatic rings. The van der Waals surface area contributed by atoms with Crippen LogP contribution in [-0.2, 0) is 4.79 Å². The van der Waals surface area contributed by atoms with Crippen LogP contribution in [0.3, 0.4) is 0 Å². The summed E-state index contributed by atoms with van der Waals surface area (Å²) in [6.45, 7) is 1.32. The molecule has 0 saturated carbocycles. The number of halogens is 1. The molecule has 1 N–H and O–H groups in total. The van der Waals surface area contributed by atoms with E-state index in [4.69, 9.17) is 11.6 Å². The van der Waals surface area contributed by atoms with E-state index in [9.17, 15) is 9.59 Å². The molecule has 0 unspecified atom stereocenters. The van der Waals surface area contributed by atoms with Crippen molar-refractivity contribution in [3.05, 3.63) is 58.1 Å². The average molecular weight is 355 g/mol. The van der Waals surface area contributed by atoms with E-state index in [1.807, 2.05) is 12.1 Å². The number of hydrogen-bond donors (Lipinski definition) is 1. The fraction of sp³-hybridized carbons (Fsp3) is 0.0625. The second-order valence-corrected chi connectivity index (χ2v) is 5.83. The molecule has 1 amide bonds. The molecule has 0 spiro atoms. The average Bonchev–Trinajstić information content (AvgIpc) is 3.02. The number of carbonyl (C=O) groups excluding carboxylic acids is 1. The third-order valence-corrected chi connectivity index (χ3v) is 3.95. The van der Waals surface area contributed by atoms with Gasteiger partial charge in [-0.25, -0.2) is 9.19 Å². The van der Waals surface area contributed by atoms with Crippen molar-refractivity contribution in [3.8, 4) is 11.1 Å². The van der Waals surface area contributed by atoms with Crippen molar-refractivity contribution in [3.63, 3.8) is 0 Å². The molecule has 0 bridgehead atoms. The molecular formula is C16H11ClN6O2. The Hall–Kier alpha value is -3.26. The summed E-state index contributed by atoms with van der Waals surface area (Å²) in [4.78, 5) is 23.6. The van der Waals surface area contributed by atoms with Gasteiger partial charge in [-0.2, -0.15) is 5.10 Å². The minimum Gasteiger partial charge on any atom is -0.274 e. The Kier molecular flexibility index (Phi) is 3.47. The van der Waals surface area contributed by atoms with Crippen molar-refractivity contribution < 1.29 is 4.79 Å². The second kappa shape index (κ2) is 5.67. The highest BCUT2D eigenvalue weighted by Crippen LogP contribution is 2.25. The van der Waals surface area contributed by atoms with Crippen LogP contribution in [0.25, 0.3) is 27.8 Å². The predicted molar refractivity (Wildman–Crippen MR) is 93.0 cm³/mol. The molecule has 0 fully saturated rings. The molecule has 1 aromatic carbocycles. The Morgan fingerprint density at radius 1 is 1.16 bits per heavy atom. The Bertz CT molecular complexity index is 1180. The number of amides is 1. The van der Waals surface area contributed by atoms with Crippen LogP contribution in [-0.4, -0.2) is 30.4 Å². The number of nitrogens with one attached hydrogen (secondary N) is 1. The summed E-state index contributed by atoms with van der Waals surface area (Å²) in [5.74, 6) is -0.361. The Balaban J connectivity index is 1.94. The van der Waals surface area contributed by atoms with E-state index in [2.05, 4.69) is 20.7 Å². The fourth-order valence-electron chi connectivity index (χ4n) is 2.58. The maximum absolute atomic E-state index is 12.4. The number of hydrogen-bond acceptors (Lipinski definition) is 5. The summed E-state index contributed by atoms with van der Waals surface area (Å²) in [5, 5.41) is 13.1. The van der Waals surface area contributed by atoms with Crippen LogP contribution >= 0.6 is 11.6 Å². The van der Waals surface area contributed by atoms with Gasteiger partial charge >= 0.3 is 0 Å². The number of fused-ring (bicyclic) bond motifs is 3. The van der Waals surface area contributed by atoms with Gasteiger partial charge < -0.3 is 0 Å². The highest BCUT2D eigenvalue weighted by atomic mass is 35.5. The van der Waals surface area contributed by atoms with E-state index >= 15 is 0 Å². The van der Waals surface area contributed by atoms with Crippen LogP contribution in [0, 0.1) is 0 Å². The first-order chi connectivity index (χ1) is 12.0. The van der Waals surface area contributed by atoms with Crippen LogP contribution in [0.4, 0.5) is 0 Å². The van der Waals surface area contributed by atoms with Gasteiger partial charge in [0.15, 0.2) is 11.2 Å². The van der Waals surface area contributed by atoms with Crippen LogP contribution in [0.2, 0.25) is 5.02 Å². The van der Waals surface area contributed by atoms with Crippen molar-refractivity contribution >= 4 is 34.2 Å². The lowest BCUT2D eigenvalue weighted by Gasteiger charge is -2.07. The van der Waals surface area contributed by atoms with E-state index in [-0.39, 0.29) is 11.4 Å². The highest BCUT2D eigenvalue weighted by molar-refractivity contribution is 6.30. The minimum atomic E-state index is -0.481. The van der Waals surface area contributed by atoms with Gasteiger partial charge in [0.05, 0.1) is 6.20 Å². The molecule has 0 aliphatic carbocycles. The Labute approximate surface area is 145 Å². The molecule has 25 heavy (non-hydrogen) atoms. The van der Waals surface area contributed by atoms with E-state index in [0.29, 0.717) is 16.2 Å². The molecule has 0 aliphatic rings. The molecular weight excluding hydrogens is 344 g/mol. The third kappa shape index (κ3) is 2.52. The lowest BCUT2D eigenvalue weighted by Crippen LogP contribution is -2.32. The number of aromatic nitrogens is 5. The largest absolute Gasteiger partial charge is 0.299 e. The standard InChI is InChI=1S/C16H11ClN6O2/c1-9(24)21-22-7-6-13-14(16(22)25)19-20-15-12(8-18-23(13)15)10-2-4-11(17)5-3-10/h2-8H,1H3,(H,21,24). The first-order valence-electron chi connectivity index (χ1n) is 7.34. The number of benzene rings is 1. The normalized spacial score (nSPS) is 11.1. The topological polar surface area (TPSA) is 94.2 Å². The summed E-state index contributed by atoms with van der Waals surface area (Å²) in [7, 11) is 0. The fourth-order valence-corrected chi connectivity index (χ4v) is 2.71. The molecule has 4 rings (SSSR count). The quantitative estimate of drug-likeness (QED) is 0.593. The summed E-state index contributed by atoms with van der Waals surface area (Å²) in [5.41, 5.74) is 4.71. The molecule has 3 aromatic heterocycles. The third-order valence-electron chi connectivity index (χ3n) is 3.70. The van der Waals surface area contributed by atoms with Crippen LogP contribution < -0.4 is 11.0 Å². The van der Waals surface area contributed by atoms with Crippen molar-refractivity contribution in [1.82, 2.24) is 24.5 Å². The summed E-state index contributed by atoms with van der Waals surface area (Å²) in [6, 6.07) is 8.93. The van der Waals surface area contributed by atoms with E-state index < -0.39 is 5.56 Å². The number of pyridine rings is 1. The van der Waals surface area contributed by atoms with Gasteiger partial charge in [0.25, 0.3) is 5.56 Å². The first kappa shape index (κ1) is 15.3. The van der Waals surface area contributed by atoms with Gasteiger partial charge in [-0.3, -0.25) is 15.0 Å². The van der Waals surface area contributed by atoms with Gasteiger partial charge in [-0.1, -0.05) is 23.7 Å².